The first-order chi connectivity index (χ1) is 12.6. The molecule has 0 aliphatic carbocycles. The molecule has 0 unspecified atom stereocenters. The van der Waals surface area contributed by atoms with Crippen molar-refractivity contribution in [3.63, 3.8) is 0 Å². The van der Waals surface area contributed by atoms with Crippen molar-refractivity contribution in [2.75, 3.05) is 19.4 Å². The maximum absolute atomic E-state index is 14.7. The van der Waals surface area contributed by atoms with Gasteiger partial charge >= 0.3 is 0 Å². The number of halogens is 2. The van der Waals surface area contributed by atoms with Gasteiger partial charge in [-0.05, 0) is 30.2 Å². The lowest BCUT2D eigenvalue weighted by Crippen LogP contribution is -2.08. The third-order valence-electron chi connectivity index (χ3n) is 4.28. The Kier molecular flexibility index (Phi) is 5.72. The molecule has 0 N–H and O–H groups in total. The Bertz CT molecular complexity index is 938. The van der Waals surface area contributed by atoms with Crippen LogP contribution in [0.25, 0.3) is 21.9 Å². The molecule has 0 fully saturated rings. The standard InChI is InChI=1S/C19H19F2O4P/c1-3-11(2)10-24-15-7-5-13-12-4-6-14(23-8-9-26-22)16(20)18(12)25-19(13)17(15)21/h4-7,11H,3,8-10H2,1-2H3/t11-/m1/s1. The van der Waals surface area contributed by atoms with E-state index >= 15 is 0 Å². The SMILES string of the molecule is CC[C@@H](C)COc1ccc2c(oc3c(F)c(OCCP=O)ccc32)c1F. The third-order valence-corrected chi connectivity index (χ3v) is 4.64. The molecule has 0 saturated carbocycles. The second-order valence-electron chi connectivity index (χ2n) is 6.14. The van der Waals surface area contributed by atoms with Gasteiger partial charge in [-0.1, -0.05) is 20.3 Å². The van der Waals surface area contributed by atoms with Crippen LogP contribution in [0.4, 0.5) is 8.78 Å². The van der Waals surface area contributed by atoms with Crippen molar-refractivity contribution >= 4 is 30.4 Å². The summed E-state index contributed by atoms with van der Waals surface area (Å²) < 4.78 is 56.0. The largest absolute Gasteiger partial charge is 0.490 e. The molecule has 0 bridgehead atoms. The van der Waals surface area contributed by atoms with E-state index < -0.39 is 11.6 Å². The zero-order valence-electron chi connectivity index (χ0n) is 14.6. The Balaban J connectivity index is 1.99. The molecular weight excluding hydrogens is 361 g/mol. The third kappa shape index (κ3) is 3.51. The maximum Gasteiger partial charge on any atom is 0.208 e. The summed E-state index contributed by atoms with van der Waals surface area (Å²) in [5.74, 6) is -0.986. The molecular formula is C19H19F2O4P. The number of hydrogen-bond donors (Lipinski definition) is 0. The first-order valence-electron chi connectivity index (χ1n) is 8.44. The highest BCUT2D eigenvalue weighted by atomic mass is 31.1. The van der Waals surface area contributed by atoms with E-state index in [4.69, 9.17) is 13.9 Å². The quantitative estimate of drug-likeness (QED) is 0.357. The first-order valence-corrected chi connectivity index (χ1v) is 9.44. The zero-order chi connectivity index (χ0) is 18.7. The van der Waals surface area contributed by atoms with Crippen LogP contribution < -0.4 is 9.47 Å². The molecule has 1 heterocycles. The number of ether oxygens (including phenoxy) is 2. The lowest BCUT2D eigenvalue weighted by Gasteiger charge is -2.11. The predicted octanol–water partition coefficient (Wildman–Crippen LogP) is 5.96. The summed E-state index contributed by atoms with van der Waals surface area (Å²) in [6, 6.07) is 6.27. The summed E-state index contributed by atoms with van der Waals surface area (Å²) in [7, 11) is -0.0745. The van der Waals surface area contributed by atoms with Crippen molar-refractivity contribution in [2.24, 2.45) is 5.92 Å². The summed E-state index contributed by atoms with van der Waals surface area (Å²) in [5.41, 5.74) is -0.120. The normalized spacial score (nSPS) is 12.8. The molecule has 3 rings (SSSR count). The molecule has 4 nitrogen and oxygen atoms in total. The summed E-state index contributed by atoms with van der Waals surface area (Å²) in [6.45, 7) is 4.55. The lowest BCUT2D eigenvalue weighted by atomic mass is 10.1. The van der Waals surface area contributed by atoms with E-state index in [0.29, 0.717) is 23.3 Å². The molecule has 7 heteroatoms. The van der Waals surface area contributed by atoms with Crippen LogP contribution in [0.5, 0.6) is 11.5 Å². The van der Waals surface area contributed by atoms with E-state index in [1.807, 2.05) is 13.8 Å². The predicted molar refractivity (Wildman–Crippen MR) is 96.6 cm³/mol. The van der Waals surface area contributed by atoms with Gasteiger partial charge < -0.3 is 13.9 Å². The van der Waals surface area contributed by atoms with Gasteiger partial charge in [-0.2, -0.15) is 8.78 Å². The van der Waals surface area contributed by atoms with Crippen molar-refractivity contribution < 1.29 is 27.2 Å². The van der Waals surface area contributed by atoms with Crippen LogP contribution in [0.1, 0.15) is 20.3 Å². The molecule has 1 atom stereocenters. The summed E-state index contributed by atoms with van der Waals surface area (Å²) in [5, 5.41) is 0.927. The van der Waals surface area contributed by atoms with Gasteiger partial charge in [-0.25, -0.2) is 0 Å². The second kappa shape index (κ2) is 8.00. The Labute approximate surface area is 151 Å². The van der Waals surface area contributed by atoms with Gasteiger partial charge in [0.25, 0.3) is 0 Å². The van der Waals surface area contributed by atoms with Gasteiger partial charge in [0.05, 0.1) is 19.4 Å². The summed E-state index contributed by atoms with van der Waals surface area (Å²) in [6.07, 6.45) is 1.18. The van der Waals surface area contributed by atoms with E-state index in [1.54, 1.807) is 12.1 Å². The number of hydrogen-bond acceptors (Lipinski definition) is 4. The number of benzene rings is 2. The average molecular weight is 380 g/mol. The minimum absolute atomic E-state index is 0.0196. The van der Waals surface area contributed by atoms with Gasteiger partial charge in [0.2, 0.25) is 11.6 Å². The zero-order valence-corrected chi connectivity index (χ0v) is 15.4. The molecule has 0 saturated heterocycles. The second-order valence-corrected chi connectivity index (χ2v) is 6.84. The molecule has 2 aromatic carbocycles. The highest BCUT2D eigenvalue weighted by molar-refractivity contribution is 7.23. The topological polar surface area (TPSA) is 48.7 Å². The summed E-state index contributed by atoms with van der Waals surface area (Å²) >= 11 is 0. The Morgan fingerprint density at radius 3 is 2.15 bits per heavy atom. The molecule has 0 amide bonds. The minimum atomic E-state index is -0.706. The van der Waals surface area contributed by atoms with Crippen molar-refractivity contribution in [1.29, 1.82) is 0 Å². The highest BCUT2D eigenvalue weighted by Gasteiger charge is 2.20. The molecule has 138 valence electrons. The van der Waals surface area contributed by atoms with Gasteiger partial charge in [0, 0.05) is 10.8 Å². The van der Waals surface area contributed by atoms with Crippen LogP contribution in [0.3, 0.4) is 0 Å². The van der Waals surface area contributed by atoms with Crippen LogP contribution in [0.15, 0.2) is 28.7 Å². The molecule has 0 radical (unpaired) electrons. The van der Waals surface area contributed by atoms with Gasteiger partial charge in [0.15, 0.2) is 31.1 Å². The molecule has 0 spiro atoms. The summed E-state index contributed by atoms with van der Waals surface area (Å²) in [4.78, 5) is 0. The smallest absolute Gasteiger partial charge is 0.208 e. The van der Waals surface area contributed by atoms with E-state index in [-0.39, 0.29) is 43.9 Å². The Hall–Kier alpha value is -2.20. The Morgan fingerprint density at radius 2 is 1.62 bits per heavy atom. The van der Waals surface area contributed by atoms with Crippen LogP contribution in [-0.2, 0) is 4.57 Å². The minimum Gasteiger partial charge on any atom is -0.490 e. The van der Waals surface area contributed by atoms with Crippen LogP contribution >= 0.6 is 8.46 Å². The van der Waals surface area contributed by atoms with E-state index in [0.717, 1.165) is 6.42 Å². The van der Waals surface area contributed by atoms with Crippen LogP contribution in [0, 0.1) is 17.6 Å². The number of rotatable bonds is 8. The fourth-order valence-corrected chi connectivity index (χ4v) is 2.73. The fraction of sp³-hybridized carbons (Fsp3) is 0.368. The maximum atomic E-state index is 14.7. The van der Waals surface area contributed by atoms with E-state index in [9.17, 15) is 13.3 Å². The molecule has 3 aromatic rings. The number of furan rings is 1. The van der Waals surface area contributed by atoms with E-state index in [2.05, 4.69) is 0 Å². The molecule has 0 aliphatic heterocycles. The molecule has 26 heavy (non-hydrogen) atoms. The first kappa shape index (κ1) is 18.6. The van der Waals surface area contributed by atoms with Crippen molar-refractivity contribution in [1.82, 2.24) is 0 Å². The molecule has 1 aromatic heterocycles. The van der Waals surface area contributed by atoms with Crippen LogP contribution in [0.2, 0.25) is 0 Å². The van der Waals surface area contributed by atoms with Crippen LogP contribution in [-0.4, -0.2) is 19.4 Å². The van der Waals surface area contributed by atoms with Crippen molar-refractivity contribution in [2.45, 2.75) is 20.3 Å². The molecule has 0 aliphatic rings. The monoisotopic (exact) mass is 380 g/mol. The average Bonchev–Trinajstić information content (AvgIpc) is 3.03. The van der Waals surface area contributed by atoms with E-state index in [1.165, 1.54) is 12.1 Å². The fourth-order valence-electron chi connectivity index (χ4n) is 2.57. The van der Waals surface area contributed by atoms with Gasteiger partial charge in [-0.3, -0.25) is 4.57 Å². The van der Waals surface area contributed by atoms with Gasteiger partial charge in [0.1, 0.15) is 0 Å². The lowest BCUT2D eigenvalue weighted by molar-refractivity contribution is 0.246. The van der Waals surface area contributed by atoms with Crippen molar-refractivity contribution in [3.8, 4) is 11.5 Å². The van der Waals surface area contributed by atoms with Crippen molar-refractivity contribution in [3.05, 3.63) is 35.9 Å². The highest BCUT2D eigenvalue weighted by Crippen LogP contribution is 2.37. The Morgan fingerprint density at radius 1 is 1.04 bits per heavy atom. The van der Waals surface area contributed by atoms with Gasteiger partial charge in [-0.15, -0.1) is 0 Å². The number of fused-ring (bicyclic) bond motifs is 3.